The zero-order chi connectivity index (χ0) is 14.9. The summed E-state index contributed by atoms with van der Waals surface area (Å²) in [6.07, 6.45) is 2.02. The van der Waals surface area contributed by atoms with Crippen LogP contribution >= 0.6 is 11.3 Å². The number of rotatable bonds is 4. The summed E-state index contributed by atoms with van der Waals surface area (Å²) in [6, 6.07) is 0. The number of carbonyl (C=O) groups is 1. The molecule has 0 aromatic carbocycles. The van der Waals surface area contributed by atoms with E-state index in [9.17, 15) is 4.79 Å². The first-order chi connectivity index (χ1) is 9.41. The first-order valence-electron chi connectivity index (χ1n) is 6.48. The Kier molecular flexibility index (Phi) is 4.10. The lowest BCUT2D eigenvalue weighted by molar-refractivity contribution is -0.00457. The summed E-state index contributed by atoms with van der Waals surface area (Å²) in [5, 5.41) is 0.849. The van der Waals surface area contributed by atoms with Crippen LogP contribution in [0.2, 0.25) is 0 Å². The van der Waals surface area contributed by atoms with Gasteiger partial charge in [-0.25, -0.2) is 0 Å². The molecule has 112 valence electrons. The average Bonchev–Trinajstić information content (AvgIpc) is 2.76. The Morgan fingerprint density at radius 3 is 2.70 bits per heavy atom. The maximum Gasteiger partial charge on any atom is 0.261 e. The van der Waals surface area contributed by atoms with E-state index >= 15 is 0 Å². The van der Waals surface area contributed by atoms with Gasteiger partial charge in [-0.2, -0.15) is 0 Å². The van der Waals surface area contributed by atoms with Crippen LogP contribution in [0.15, 0.2) is 0 Å². The molecule has 1 amide bonds. The van der Waals surface area contributed by atoms with Crippen LogP contribution in [0.25, 0.3) is 0 Å². The van der Waals surface area contributed by atoms with Gasteiger partial charge in [0, 0.05) is 20.2 Å². The smallest absolute Gasteiger partial charge is 0.261 e. The summed E-state index contributed by atoms with van der Waals surface area (Å²) in [7, 11) is 3.27. The normalized spacial score (nSPS) is 22.9. The fourth-order valence-electron chi connectivity index (χ4n) is 2.55. The van der Waals surface area contributed by atoms with Crippen molar-refractivity contribution in [2.24, 2.45) is 5.73 Å². The highest BCUT2D eigenvalue weighted by Gasteiger charge is 2.34. The number of thiophene rings is 1. The van der Waals surface area contributed by atoms with E-state index in [1.807, 2.05) is 0 Å². The van der Waals surface area contributed by atoms with Crippen molar-refractivity contribution in [3.63, 3.8) is 0 Å². The van der Waals surface area contributed by atoms with Crippen molar-refractivity contribution < 1.29 is 14.3 Å². The van der Waals surface area contributed by atoms with E-state index in [0.29, 0.717) is 16.3 Å². The molecule has 4 N–H and O–H groups in total. The van der Waals surface area contributed by atoms with E-state index in [1.54, 1.807) is 14.2 Å². The van der Waals surface area contributed by atoms with Crippen LogP contribution in [0.5, 0.6) is 5.75 Å². The summed E-state index contributed by atoms with van der Waals surface area (Å²) in [5.41, 5.74) is 11.4. The van der Waals surface area contributed by atoms with Crippen LogP contribution in [-0.2, 0) is 4.74 Å². The highest BCUT2D eigenvalue weighted by molar-refractivity contribution is 7.19. The van der Waals surface area contributed by atoms with Gasteiger partial charge in [-0.3, -0.25) is 4.79 Å². The van der Waals surface area contributed by atoms with Crippen LogP contribution < -0.4 is 21.1 Å². The predicted octanol–water partition coefficient (Wildman–Crippen LogP) is 1.44. The molecule has 1 unspecified atom stereocenters. The number of nitrogens with zero attached hydrogens (tertiary/aromatic N) is 1. The fourth-order valence-corrected chi connectivity index (χ4v) is 3.62. The van der Waals surface area contributed by atoms with Crippen LogP contribution in [0.3, 0.4) is 0 Å². The first-order valence-corrected chi connectivity index (χ1v) is 7.29. The van der Waals surface area contributed by atoms with Crippen molar-refractivity contribution in [2.45, 2.75) is 25.4 Å². The summed E-state index contributed by atoms with van der Waals surface area (Å²) >= 11 is 1.28. The lowest BCUT2D eigenvalue weighted by Crippen LogP contribution is -2.47. The van der Waals surface area contributed by atoms with Crippen molar-refractivity contribution in [1.29, 1.82) is 0 Å². The molecule has 1 atom stereocenters. The first kappa shape index (κ1) is 14.9. The van der Waals surface area contributed by atoms with Gasteiger partial charge >= 0.3 is 0 Å². The SMILES string of the molecule is COc1c(N2CCCC(C)(OC)C2)sc(C(N)=O)c1N. The van der Waals surface area contributed by atoms with Crippen LogP contribution in [-0.4, -0.2) is 38.8 Å². The quantitative estimate of drug-likeness (QED) is 0.878. The Bertz CT molecular complexity index is 517. The van der Waals surface area contributed by atoms with Gasteiger partial charge < -0.3 is 25.8 Å². The van der Waals surface area contributed by atoms with E-state index < -0.39 is 5.91 Å². The van der Waals surface area contributed by atoms with Gasteiger partial charge in [0.15, 0.2) is 5.75 Å². The number of carbonyl (C=O) groups excluding carboxylic acids is 1. The molecule has 7 heteroatoms. The predicted molar refractivity (Wildman–Crippen MR) is 80.7 cm³/mol. The van der Waals surface area contributed by atoms with Crippen LogP contribution in [0.1, 0.15) is 29.4 Å². The molecule has 1 fully saturated rings. The third-order valence-electron chi connectivity index (χ3n) is 3.75. The molecule has 0 radical (unpaired) electrons. The van der Waals surface area contributed by atoms with Crippen molar-refractivity contribution in [1.82, 2.24) is 0 Å². The molecule has 1 saturated heterocycles. The molecule has 0 bridgehead atoms. The fraction of sp³-hybridized carbons (Fsp3) is 0.615. The molecule has 0 saturated carbocycles. The Labute approximate surface area is 122 Å². The number of primary amides is 1. The Morgan fingerprint density at radius 2 is 2.15 bits per heavy atom. The summed E-state index contributed by atoms with van der Waals surface area (Å²) in [5.74, 6) is 0.00714. The highest BCUT2D eigenvalue weighted by atomic mass is 32.1. The van der Waals surface area contributed by atoms with E-state index in [1.165, 1.54) is 11.3 Å². The number of hydrogen-bond acceptors (Lipinski definition) is 6. The summed E-state index contributed by atoms with van der Waals surface area (Å²) in [4.78, 5) is 13.9. The van der Waals surface area contributed by atoms with Crippen molar-refractivity contribution in [3.05, 3.63) is 4.88 Å². The molecule has 1 aromatic heterocycles. The van der Waals surface area contributed by atoms with E-state index in [2.05, 4.69) is 11.8 Å². The van der Waals surface area contributed by atoms with Gasteiger partial charge in [0.05, 0.1) is 12.7 Å². The molecule has 0 aliphatic carbocycles. The molecule has 1 aliphatic heterocycles. The lowest BCUT2D eigenvalue weighted by Gasteiger charge is -2.40. The number of piperidine rings is 1. The van der Waals surface area contributed by atoms with Gasteiger partial charge in [0.2, 0.25) is 0 Å². The van der Waals surface area contributed by atoms with Gasteiger partial charge in [0.25, 0.3) is 5.91 Å². The van der Waals surface area contributed by atoms with Crippen LogP contribution in [0, 0.1) is 0 Å². The number of methoxy groups -OCH3 is 2. The third kappa shape index (κ3) is 2.55. The average molecular weight is 299 g/mol. The number of nitrogen functional groups attached to an aromatic ring is 1. The second-order valence-corrected chi connectivity index (χ2v) is 6.23. The van der Waals surface area contributed by atoms with Crippen molar-refractivity contribution in [3.8, 4) is 5.75 Å². The highest BCUT2D eigenvalue weighted by Crippen LogP contribution is 2.46. The molecule has 1 aromatic rings. The van der Waals surface area contributed by atoms with E-state index in [-0.39, 0.29) is 5.60 Å². The lowest BCUT2D eigenvalue weighted by atomic mass is 9.95. The van der Waals surface area contributed by atoms with E-state index in [4.69, 9.17) is 20.9 Å². The molecular weight excluding hydrogens is 278 g/mol. The van der Waals surface area contributed by atoms with Crippen molar-refractivity contribution in [2.75, 3.05) is 37.9 Å². The second kappa shape index (κ2) is 5.49. The molecule has 1 aliphatic rings. The van der Waals surface area contributed by atoms with Gasteiger partial charge in [0.1, 0.15) is 15.6 Å². The number of nitrogens with two attached hydrogens (primary N) is 2. The Morgan fingerprint density at radius 1 is 1.45 bits per heavy atom. The minimum atomic E-state index is -0.524. The summed E-state index contributed by atoms with van der Waals surface area (Å²) < 4.78 is 10.9. The molecule has 2 heterocycles. The number of amides is 1. The van der Waals surface area contributed by atoms with E-state index in [0.717, 1.165) is 30.9 Å². The Hall–Kier alpha value is -1.47. The third-order valence-corrected chi connectivity index (χ3v) is 5.01. The molecule has 2 rings (SSSR count). The number of hydrogen-bond donors (Lipinski definition) is 2. The minimum Gasteiger partial charge on any atom is -0.492 e. The van der Waals surface area contributed by atoms with Crippen LogP contribution in [0.4, 0.5) is 10.7 Å². The standard InChI is InChI=1S/C13H21N3O3S/c1-13(19-3)5-4-6-16(7-13)12-9(18-2)8(14)10(20-12)11(15)17/h4-7,14H2,1-3H3,(H2,15,17). The summed E-state index contributed by atoms with van der Waals surface area (Å²) in [6.45, 7) is 3.70. The maximum atomic E-state index is 11.4. The number of ether oxygens (including phenoxy) is 2. The monoisotopic (exact) mass is 299 g/mol. The van der Waals surface area contributed by atoms with Gasteiger partial charge in [-0.15, -0.1) is 11.3 Å². The van der Waals surface area contributed by atoms with Gasteiger partial charge in [-0.05, 0) is 19.8 Å². The minimum absolute atomic E-state index is 0.200. The second-order valence-electron chi connectivity index (χ2n) is 5.23. The molecule has 20 heavy (non-hydrogen) atoms. The maximum absolute atomic E-state index is 11.4. The molecule has 0 spiro atoms. The molecule has 6 nitrogen and oxygen atoms in total. The van der Waals surface area contributed by atoms with Gasteiger partial charge in [-0.1, -0.05) is 0 Å². The number of anilines is 2. The molecular formula is C13H21N3O3S. The Balaban J connectivity index is 2.37. The topological polar surface area (TPSA) is 90.8 Å². The zero-order valence-electron chi connectivity index (χ0n) is 12.1. The zero-order valence-corrected chi connectivity index (χ0v) is 12.9. The van der Waals surface area contributed by atoms with Crippen molar-refractivity contribution >= 4 is 27.9 Å². The largest absolute Gasteiger partial charge is 0.492 e.